The summed E-state index contributed by atoms with van der Waals surface area (Å²) in [5.41, 5.74) is 3.16. The van der Waals surface area contributed by atoms with Gasteiger partial charge in [0.15, 0.2) is 0 Å². The largest absolute Gasteiger partial charge is 0.393 e. The number of aliphatic hydroxyl groups excluding tert-OH is 1. The molecule has 1 aliphatic rings. The van der Waals surface area contributed by atoms with E-state index in [1.165, 1.54) is 6.07 Å². The van der Waals surface area contributed by atoms with Crippen LogP contribution in [0, 0.1) is 10.1 Å². The van der Waals surface area contributed by atoms with Gasteiger partial charge in [0.25, 0.3) is 5.69 Å². The third-order valence-electron chi connectivity index (χ3n) is 3.36. The average molecular weight is 232 g/mol. The number of rotatable bonds is 1. The van der Waals surface area contributed by atoms with E-state index in [9.17, 15) is 15.2 Å². The number of fused-ring (bicyclic) bond motifs is 3. The lowest BCUT2D eigenvalue weighted by Gasteiger charge is -2.16. The molecule has 1 heterocycles. The van der Waals surface area contributed by atoms with Crippen LogP contribution in [0.3, 0.4) is 0 Å². The number of hydrogen-bond acceptors (Lipinski definition) is 3. The van der Waals surface area contributed by atoms with Gasteiger partial charge < -0.3 is 10.1 Å². The van der Waals surface area contributed by atoms with Crippen molar-refractivity contribution in [1.29, 1.82) is 0 Å². The lowest BCUT2D eigenvalue weighted by atomic mass is 9.93. The fraction of sp³-hybridized carbons (Fsp3) is 0.333. The molecule has 1 unspecified atom stereocenters. The number of aliphatic hydroxyl groups is 1. The SMILES string of the molecule is O=[N+]([O-])c1ccc2[nH]c3c(c2c1)CCC(O)C3. The Morgan fingerprint density at radius 2 is 2.29 bits per heavy atom. The highest BCUT2D eigenvalue weighted by Crippen LogP contribution is 2.31. The van der Waals surface area contributed by atoms with Crippen molar-refractivity contribution in [1.82, 2.24) is 4.98 Å². The van der Waals surface area contributed by atoms with Gasteiger partial charge in [-0.2, -0.15) is 0 Å². The maximum Gasteiger partial charge on any atom is 0.270 e. The van der Waals surface area contributed by atoms with Crippen molar-refractivity contribution in [3.05, 3.63) is 39.6 Å². The minimum absolute atomic E-state index is 0.116. The Bertz CT molecular complexity index is 603. The fourth-order valence-electron chi connectivity index (χ4n) is 2.51. The van der Waals surface area contributed by atoms with Crippen LogP contribution >= 0.6 is 0 Å². The lowest BCUT2D eigenvalue weighted by molar-refractivity contribution is -0.384. The Morgan fingerprint density at radius 1 is 1.47 bits per heavy atom. The molecule has 2 N–H and O–H groups in total. The minimum Gasteiger partial charge on any atom is -0.393 e. The van der Waals surface area contributed by atoms with Crippen LogP contribution in [0.5, 0.6) is 0 Å². The number of nitrogens with zero attached hydrogens (tertiary/aromatic N) is 1. The number of nitro benzene ring substituents is 1. The topological polar surface area (TPSA) is 79.2 Å². The molecule has 0 saturated heterocycles. The third-order valence-corrected chi connectivity index (χ3v) is 3.36. The van der Waals surface area contributed by atoms with Gasteiger partial charge >= 0.3 is 0 Å². The number of aryl methyl sites for hydroxylation is 1. The zero-order valence-electron chi connectivity index (χ0n) is 9.14. The van der Waals surface area contributed by atoms with Crippen LogP contribution in [0.4, 0.5) is 5.69 Å². The molecule has 0 bridgehead atoms. The highest BCUT2D eigenvalue weighted by molar-refractivity contribution is 5.87. The molecule has 88 valence electrons. The average Bonchev–Trinajstić information content (AvgIpc) is 2.64. The van der Waals surface area contributed by atoms with Gasteiger partial charge in [-0.15, -0.1) is 0 Å². The van der Waals surface area contributed by atoms with E-state index in [1.54, 1.807) is 12.1 Å². The molecule has 2 aromatic rings. The molecule has 1 atom stereocenters. The standard InChI is InChI=1S/C12H12N2O3/c15-8-2-3-9-10-5-7(14(16)17)1-4-11(10)13-12(9)6-8/h1,4-5,8,13,15H,2-3,6H2. The summed E-state index contributed by atoms with van der Waals surface area (Å²) in [4.78, 5) is 13.6. The van der Waals surface area contributed by atoms with Crippen molar-refractivity contribution >= 4 is 16.6 Å². The first kappa shape index (κ1) is 10.3. The highest BCUT2D eigenvalue weighted by atomic mass is 16.6. The summed E-state index contributed by atoms with van der Waals surface area (Å²) < 4.78 is 0. The summed E-state index contributed by atoms with van der Waals surface area (Å²) in [6, 6.07) is 4.85. The summed E-state index contributed by atoms with van der Waals surface area (Å²) in [5, 5.41) is 21.3. The molecule has 0 aliphatic heterocycles. The van der Waals surface area contributed by atoms with Gasteiger partial charge in [-0.1, -0.05) is 0 Å². The molecule has 1 aliphatic carbocycles. The fourth-order valence-corrected chi connectivity index (χ4v) is 2.51. The molecule has 17 heavy (non-hydrogen) atoms. The Labute approximate surface area is 97.2 Å². The number of aromatic amines is 1. The van der Waals surface area contributed by atoms with Crippen molar-refractivity contribution in [3.63, 3.8) is 0 Å². The van der Waals surface area contributed by atoms with E-state index in [1.807, 2.05) is 0 Å². The van der Waals surface area contributed by atoms with E-state index >= 15 is 0 Å². The number of non-ortho nitro benzene ring substituents is 1. The van der Waals surface area contributed by atoms with E-state index < -0.39 is 0 Å². The molecule has 1 aromatic heterocycles. The molecule has 0 fully saturated rings. The summed E-state index contributed by atoms with van der Waals surface area (Å²) in [6.07, 6.45) is 1.81. The number of nitrogens with one attached hydrogen (secondary N) is 1. The molecule has 0 radical (unpaired) electrons. The molecule has 0 spiro atoms. The van der Waals surface area contributed by atoms with Crippen LogP contribution in [-0.2, 0) is 12.8 Å². The Kier molecular flexibility index (Phi) is 2.16. The smallest absolute Gasteiger partial charge is 0.270 e. The second-order valence-electron chi connectivity index (χ2n) is 4.47. The molecule has 5 heteroatoms. The van der Waals surface area contributed by atoms with Crippen molar-refractivity contribution < 1.29 is 10.0 Å². The van der Waals surface area contributed by atoms with Gasteiger partial charge in [0.2, 0.25) is 0 Å². The minimum atomic E-state index is -0.378. The van der Waals surface area contributed by atoms with E-state index in [2.05, 4.69) is 4.98 Å². The van der Waals surface area contributed by atoms with Crippen molar-refractivity contribution in [3.8, 4) is 0 Å². The zero-order chi connectivity index (χ0) is 12.0. The Balaban J connectivity index is 2.19. The molecular formula is C12H12N2O3. The predicted molar refractivity (Wildman–Crippen MR) is 63.0 cm³/mol. The molecule has 5 nitrogen and oxygen atoms in total. The summed E-state index contributed by atoms with van der Waals surface area (Å²) >= 11 is 0. The second kappa shape index (κ2) is 3.56. The summed E-state index contributed by atoms with van der Waals surface area (Å²) in [7, 11) is 0. The van der Waals surface area contributed by atoms with Gasteiger partial charge in [0.1, 0.15) is 0 Å². The number of benzene rings is 1. The van der Waals surface area contributed by atoms with Gasteiger partial charge in [0.05, 0.1) is 11.0 Å². The van der Waals surface area contributed by atoms with Gasteiger partial charge in [-0.05, 0) is 24.5 Å². The molecule has 0 amide bonds. The van der Waals surface area contributed by atoms with E-state index in [4.69, 9.17) is 0 Å². The molecular weight excluding hydrogens is 220 g/mol. The quantitative estimate of drug-likeness (QED) is 0.582. The van der Waals surface area contributed by atoms with E-state index in [0.717, 1.165) is 35.0 Å². The van der Waals surface area contributed by atoms with Crippen molar-refractivity contribution in [2.24, 2.45) is 0 Å². The number of aromatic nitrogens is 1. The molecule has 0 saturated carbocycles. The van der Waals surface area contributed by atoms with Crippen molar-refractivity contribution in [2.45, 2.75) is 25.4 Å². The van der Waals surface area contributed by atoms with E-state index in [0.29, 0.717) is 6.42 Å². The zero-order valence-corrected chi connectivity index (χ0v) is 9.14. The van der Waals surface area contributed by atoms with E-state index in [-0.39, 0.29) is 16.7 Å². The normalized spacial score (nSPS) is 19.2. The Morgan fingerprint density at radius 3 is 3.06 bits per heavy atom. The van der Waals surface area contributed by atoms with Crippen molar-refractivity contribution in [2.75, 3.05) is 0 Å². The van der Waals surface area contributed by atoms with Gasteiger partial charge in [-0.3, -0.25) is 10.1 Å². The molecule has 1 aromatic carbocycles. The van der Waals surface area contributed by atoms with Gasteiger partial charge in [0, 0.05) is 35.2 Å². The third kappa shape index (κ3) is 1.59. The van der Waals surface area contributed by atoms with Crippen LogP contribution in [0.25, 0.3) is 10.9 Å². The first-order chi connectivity index (χ1) is 8.15. The maximum atomic E-state index is 10.7. The lowest BCUT2D eigenvalue weighted by Crippen LogP contribution is -2.17. The van der Waals surface area contributed by atoms with Crippen LogP contribution < -0.4 is 0 Å². The number of nitro groups is 1. The Hall–Kier alpha value is -1.88. The van der Waals surface area contributed by atoms with Gasteiger partial charge in [-0.25, -0.2) is 0 Å². The summed E-state index contributed by atoms with van der Waals surface area (Å²) in [5.74, 6) is 0. The monoisotopic (exact) mass is 232 g/mol. The van der Waals surface area contributed by atoms with Crippen LogP contribution in [0.1, 0.15) is 17.7 Å². The maximum absolute atomic E-state index is 10.7. The highest BCUT2D eigenvalue weighted by Gasteiger charge is 2.21. The number of hydrogen-bond donors (Lipinski definition) is 2. The van der Waals surface area contributed by atoms with Crippen LogP contribution in [-0.4, -0.2) is 21.1 Å². The van der Waals surface area contributed by atoms with Crippen LogP contribution in [0.2, 0.25) is 0 Å². The molecule has 3 rings (SSSR count). The summed E-state index contributed by atoms with van der Waals surface area (Å²) in [6.45, 7) is 0. The number of H-pyrrole nitrogens is 1. The predicted octanol–water partition coefficient (Wildman–Crippen LogP) is 1.93. The second-order valence-corrected chi connectivity index (χ2v) is 4.47. The van der Waals surface area contributed by atoms with Crippen LogP contribution in [0.15, 0.2) is 18.2 Å². The first-order valence-corrected chi connectivity index (χ1v) is 5.61. The first-order valence-electron chi connectivity index (χ1n) is 5.61.